The molecule has 0 aromatic carbocycles. The highest BCUT2D eigenvalue weighted by atomic mass is 32.1. The number of nitrogens with zero attached hydrogens (tertiary/aromatic N) is 3. The van der Waals surface area contributed by atoms with Gasteiger partial charge in [0, 0.05) is 37.2 Å². The first-order valence-corrected chi connectivity index (χ1v) is 8.07. The summed E-state index contributed by atoms with van der Waals surface area (Å²) in [6, 6.07) is 2.29. The van der Waals surface area contributed by atoms with Crippen molar-refractivity contribution in [3.8, 4) is 0 Å². The van der Waals surface area contributed by atoms with Crippen molar-refractivity contribution in [2.24, 2.45) is 0 Å². The third kappa shape index (κ3) is 4.37. The third-order valence-electron chi connectivity index (χ3n) is 3.31. The van der Waals surface area contributed by atoms with Gasteiger partial charge in [-0.1, -0.05) is 0 Å². The van der Waals surface area contributed by atoms with Gasteiger partial charge in [0.25, 0.3) is 0 Å². The Morgan fingerprint density at radius 3 is 3.05 bits per heavy atom. The standard InChI is InChI=1S/C14H19N5OS/c1-2-11(9-20-6-1)19-13-8-12(17-10-18-13)15-4-3-14-16-5-7-21-14/h5,7-8,10-11H,1-4,6,9H2,(H2,15,17,18,19). The van der Waals surface area contributed by atoms with Crippen LogP contribution in [-0.2, 0) is 11.2 Å². The van der Waals surface area contributed by atoms with E-state index in [1.54, 1.807) is 17.7 Å². The lowest BCUT2D eigenvalue weighted by molar-refractivity contribution is 0.0875. The largest absolute Gasteiger partial charge is 0.379 e. The van der Waals surface area contributed by atoms with Crippen molar-refractivity contribution in [2.45, 2.75) is 25.3 Å². The van der Waals surface area contributed by atoms with Gasteiger partial charge in [0.1, 0.15) is 18.0 Å². The quantitative estimate of drug-likeness (QED) is 0.852. The van der Waals surface area contributed by atoms with Gasteiger partial charge in [-0.25, -0.2) is 15.0 Å². The Bertz CT molecular complexity index is 542. The van der Waals surface area contributed by atoms with Crippen molar-refractivity contribution >= 4 is 23.0 Å². The summed E-state index contributed by atoms with van der Waals surface area (Å²) >= 11 is 1.67. The molecule has 3 rings (SSSR count). The molecule has 1 aliphatic rings. The van der Waals surface area contributed by atoms with E-state index in [0.29, 0.717) is 6.04 Å². The van der Waals surface area contributed by atoms with Crippen LogP contribution >= 0.6 is 11.3 Å². The van der Waals surface area contributed by atoms with Crippen LogP contribution in [0.5, 0.6) is 0 Å². The summed E-state index contributed by atoms with van der Waals surface area (Å²) in [7, 11) is 0. The first-order chi connectivity index (χ1) is 10.4. The van der Waals surface area contributed by atoms with E-state index in [2.05, 4.69) is 25.6 Å². The second kappa shape index (κ2) is 7.33. The number of rotatable bonds is 6. The molecular weight excluding hydrogens is 286 g/mol. The summed E-state index contributed by atoms with van der Waals surface area (Å²) in [6.07, 6.45) is 6.54. The smallest absolute Gasteiger partial charge is 0.131 e. The number of hydrogen-bond donors (Lipinski definition) is 2. The zero-order valence-electron chi connectivity index (χ0n) is 11.8. The lowest BCUT2D eigenvalue weighted by Crippen LogP contribution is -2.30. The van der Waals surface area contributed by atoms with Crippen molar-refractivity contribution < 1.29 is 4.74 Å². The number of hydrogen-bond acceptors (Lipinski definition) is 7. The molecule has 3 heterocycles. The van der Waals surface area contributed by atoms with E-state index >= 15 is 0 Å². The molecule has 0 bridgehead atoms. The van der Waals surface area contributed by atoms with E-state index in [4.69, 9.17) is 4.74 Å². The van der Waals surface area contributed by atoms with Gasteiger partial charge in [-0.3, -0.25) is 0 Å². The van der Waals surface area contributed by atoms with Crippen LogP contribution in [0.3, 0.4) is 0 Å². The van der Waals surface area contributed by atoms with Gasteiger partial charge >= 0.3 is 0 Å². The molecule has 7 heteroatoms. The van der Waals surface area contributed by atoms with E-state index < -0.39 is 0 Å². The Kier molecular flexibility index (Phi) is 4.96. The molecule has 21 heavy (non-hydrogen) atoms. The predicted octanol–water partition coefficient (Wildman–Crippen LogP) is 2.18. The summed E-state index contributed by atoms with van der Waals surface area (Å²) in [5.41, 5.74) is 0. The number of aromatic nitrogens is 3. The molecule has 0 amide bonds. The minimum absolute atomic E-state index is 0.344. The van der Waals surface area contributed by atoms with Gasteiger partial charge in [-0.05, 0) is 12.8 Å². The molecule has 2 N–H and O–H groups in total. The molecule has 0 saturated carbocycles. The average Bonchev–Trinajstić information content (AvgIpc) is 3.02. The molecule has 1 saturated heterocycles. The van der Waals surface area contributed by atoms with Crippen LogP contribution < -0.4 is 10.6 Å². The highest BCUT2D eigenvalue weighted by Crippen LogP contribution is 2.14. The maximum Gasteiger partial charge on any atom is 0.131 e. The normalized spacial score (nSPS) is 18.4. The summed E-state index contributed by atoms with van der Waals surface area (Å²) in [4.78, 5) is 12.8. The van der Waals surface area contributed by atoms with Gasteiger partial charge < -0.3 is 15.4 Å². The number of thiazole rings is 1. The summed E-state index contributed by atoms with van der Waals surface area (Å²) < 4.78 is 5.46. The van der Waals surface area contributed by atoms with Crippen LogP contribution in [0, 0.1) is 0 Å². The van der Waals surface area contributed by atoms with E-state index in [1.165, 1.54) is 0 Å². The second-order valence-electron chi connectivity index (χ2n) is 4.95. The van der Waals surface area contributed by atoms with Gasteiger partial charge in [0.15, 0.2) is 0 Å². The Hall–Kier alpha value is -1.73. The zero-order valence-corrected chi connectivity index (χ0v) is 12.6. The average molecular weight is 305 g/mol. The Balaban J connectivity index is 1.50. The van der Waals surface area contributed by atoms with Crippen molar-refractivity contribution in [3.05, 3.63) is 29.0 Å². The molecule has 1 aliphatic heterocycles. The Morgan fingerprint density at radius 1 is 1.29 bits per heavy atom. The van der Waals surface area contributed by atoms with Crippen molar-refractivity contribution in [1.82, 2.24) is 15.0 Å². The van der Waals surface area contributed by atoms with Gasteiger partial charge in [-0.2, -0.15) is 0 Å². The molecule has 112 valence electrons. The molecule has 1 unspecified atom stereocenters. The first kappa shape index (κ1) is 14.2. The van der Waals surface area contributed by atoms with Crippen LogP contribution in [0.25, 0.3) is 0 Å². The maximum atomic E-state index is 5.46. The fourth-order valence-electron chi connectivity index (χ4n) is 2.27. The number of nitrogens with one attached hydrogen (secondary N) is 2. The topological polar surface area (TPSA) is 72.0 Å². The fraction of sp³-hybridized carbons (Fsp3) is 0.500. The Morgan fingerprint density at radius 2 is 2.24 bits per heavy atom. The minimum atomic E-state index is 0.344. The number of anilines is 2. The van der Waals surface area contributed by atoms with Crippen LogP contribution in [0.4, 0.5) is 11.6 Å². The van der Waals surface area contributed by atoms with Gasteiger partial charge in [0.05, 0.1) is 17.7 Å². The highest BCUT2D eigenvalue weighted by Gasteiger charge is 2.14. The SMILES string of the molecule is c1nc(NCCc2nccs2)cc(NC2CCCOC2)n1. The fourth-order valence-corrected chi connectivity index (χ4v) is 2.89. The molecular formula is C14H19N5OS. The zero-order chi connectivity index (χ0) is 14.3. The van der Waals surface area contributed by atoms with Crippen LogP contribution in [0.1, 0.15) is 17.8 Å². The third-order valence-corrected chi connectivity index (χ3v) is 4.15. The molecule has 0 radical (unpaired) electrons. The van der Waals surface area contributed by atoms with E-state index in [0.717, 1.165) is 55.7 Å². The summed E-state index contributed by atoms with van der Waals surface area (Å²) in [5.74, 6) is 1.68. The monoisotopic (exact) mass is 305 g/mol. The van der Waals surface area contributed by atoms with Crippen molar-refractivity contribution in [3.63, 3.8) is 0 Å². The molecule has 6 nitrogen and oxygen atoms in total. The van der Waals surface area contributed by atoms with Crippen molar-refractivity contribution in [2.75, 3.05) is 30.4 Å². The molecule has 1 atom stereocenters. The van der Waals surface area contributed by atoms with Crippen LogP contribution in [0.15, 0.2) is 24.0 Å². The molecule has 0 spiro atoms. The van der Waals surface area contributed by atoms with E-state index in [-0.39, 0.29) is 0 Å². The van der Waals surface area contributed by atoms with E-state index in [1.807, 2.05) is 17.6 Å². The molecule has 1 fully saturated rings. The molecule has 2 aromatic heterocycles. The summed E-state index contributed by atoms with van der Waals surface area (Å²) in [5, 5.41) is 9.83. The van der Waals surface area contributed by atoms with Crippen LogP contribution in [0.2, 0.25) is 0 Å². The van der Waals surface area contributed by atoms with E-state index in [9.17, 15) is 0 Å². The minimum Gasteiger partial charge on any atom is -0.379 e. The summed E-state index contributed by atoms with van der Waals surface area (Å²) in [6.45, 7) is 2.43. The lowest BCUT2D eigenvalue weighted by atomic mass is 10.1. The molecule has 2 aromatic rings. The predicted molar refractivity (Wildman–Crippen MR) is 83.8 cm³/mol. The lowest BCUT2D eigenvalue weighted by Gasteiger charge is -2.23. The number of ether oxygens (including phenoxy) is 1. The Labute approximate surface area is 128 Å². The van der Waals surface area contributed by atoms with Crippen molar-refractivity contribution in [1.29, 1.82) is 0 Å². The maximum absolute atomic E-state index is 5.46. The van der Waals surface area contributed by atoms with Gasteiger partial charge in [0.2, 0.25) is 0 Å². The first-order valence-electron chi connectivity index (χ1n) is 7.19. The van der Waals surface area contributed by atoms with Crippen LogP contribution in [-0.4, -0.2) is 40.8 Å². The highest BCUT2D eigenvalue weighted by molar-refractivity contribution is 7.09. The second-order valence-corrected chi connectivity index (χ2v) is 5.93. The van der Waals surface area contributed by atoms with Gasteiger partial charge in [-0.15, -0.1) is 11.3 Å². The molecule has 0 aliphatic carbocycles.